The third-order valence-corrected chi connectivity index (χ3v) is 3.28. The molecule has 0 radical (unpaired) electrons. The van der Waals surface area contributed by atoms with Crippen molar-refractivity contribution in [3.8, 4) is 0 Å². The second-order valence-electron chi connectivity index (χ2n) is 4.89. The van der Waals surface area contributed by atoms with Crippen molar-refractivity contribution in [3.05, 3.63) is 17.0 Å². The molecule has 0 unspecified atom stereocenters. The molecule has 2 aliphatic rings. The summed E-state index contributed by atoms with van der Waals surface area (Å²) in [6.07, 6.45) is 4.84. The fraction of sp³-hybridized carbons (Fsp3) is 0.636. The van der Waals surface area contributed by atoms with E-state index in [0.29, 0.717) is 11.1 Å². The second-order valence-corrected chi connectivity index (χ2v) is 5.28. The van der Waals surface area contributed by atoms with E-state index in [9.17, 15) is 0 Å². The number of hydrogen-bond acceptors (Lipinski definition) is 3. The van der Waals surface area contributed by atoms with Crippen LogP contribution in [0.5, 0.6) is 0 Å². The van der Waals surface area contributed by atoms with E-state index >= 15 is 0 Å². The van der Waals surface area contributed by atoms with Crippen molar-refractivity contribution in [1.29, 1.82) is 0 Å². The maximum absolute atomic E-state index is 5.98. The Morgan fingerprint density at radius 1 is 1.40 bits per heavy atom. The zero-order chi connectivity index (χ0) is 10.5. The molecule has 0 spiro atoms. The third kappa shape index (κ3) is 2.07. The van der Waals surface area contributed by atoms with E-state index in [2.05, 4.69) is 22.2 Å². The zero-order valence-corrected chi connectivity index (χ0v) is 9.51. The van der Waals surface area contributed by atoms with Crippen LogP contribution in [0, 0.1) is 0 Å². The van der Waals surface area contributed by atoms with Gasteiger partial charge in [-0.15, -0.1) is 0 Å². The molecule has 0 bridgehead atoms. The number of halogens is 1. The maximum Gasteiger partial charge on any atom is 0.135 e. The van der Waals surface area contributed by atoms with E-state index in [1.165, 1.54) is 25.7 Å². The molecule has 0 aromatic carbocycles. The lowest BCUT2D eigenvalue weighted by Crippen LogP contribution is -2.17. The first kappa shape index (κ1) is 9.40. The number of nitrogens with zero attached hydrogens (tertiary/aromatic N) is 2. The molecule has 15 heavy (non-hydrogen) atoms. The minimum absolute atomic E-state index is 0.249. The van der Waals surface area contributed by atoms with Gasteiger partial charge in [0.05, 0.1) is 0 Å². The lowest BCUT2D eigenvalue weighted by atomic mass is 10.3. The summed E-state index contributed by atoms with van der Waals surface area (Å²) in [5.74, 6) is 2.35. The average molecular weight is 224 g/mol. The van der Waals surface area contributed by atoms with Crippen LogP contribution in [0.2, 0.25) is 5.15 Å². The molecule has 1 N–H and O–H groups in total. The molecule has 80 valence electrons. The van der Waals surface area contributed by atoms with Gasteiger partial charge >= 0.3 is 0 Å². The topological polar surface area (TPSA) is 37.8 Å². The van der Waals surface area contributed by atoms with Crippen LogP contribution in [-0.2, 0) is 0 Å². The molecule has 2 saturated carbocycles. The van der Waals surface area contributed by atoms with Gasteiger partial charge in [0.2, 0.25) is 0 Å². The Labute approximate surface area is 94.3 Å². The van der Waals surface area contributed by atoms with Crippen molar-refractivity contribution in [2.75, 3.05) is 5.32 Å². The Kier molecular flexibility index (Phi) is 1.93. The van der Waals surface area contributed by atoms with Crippen LogP contribution in [-0.4, -0.2) is 15.5 Å². The summed E-state index contributed by atoms with van der Waals surface area (Å²) in [7, 11) is 0. The lowest BCUT2D eigenvalue weighted by molar-refractivity contribution is 0.810. The molecule has 2 fully saturated rings. The third-order valence-electron chi connectivity index (χ3n) is 3.08. The van der Waals surface area contributed by atoms with Crippen molar-refractivity contribution >= 4 is 17.4 Å². The first-order valence-corrected chi connectivity index (χ1v) is 5.85. The standard InChI is InChI=1S/C11H14ClN3/c1-11(4-5-11)15-9-6-8(12)13-10(14-9)7-2-3-7/h6-7H,2-5H2,1H3,(H,13,14,15). The van der Waals surface area contributed by atoms with Crippen molar-refractivity contribution in [1.82, 2.24) is 9.97 Å². The van der Waals surface area contributed by atoms with E-state index in [0.717, 1.165) is 11.6 Å². The summed E-state index contributed by atoms with van der Waals surface area (Å²) in [5, 5.41) is 3.97. The molecule has 0 aliphatic heterocycles. The highest BCUT2D eigenvalue weighted by Crippen LogP contribution is 2.41. The quantitative estimate of drug-likeness (QED) is 0.801. The van der Waals surface area contributed by atoms with E-state index < -0.39 is 0 Å². The van der Waals surface area contributed by atoms with Gasteiger partial charge in [-0.2, -0.15) is 0 Å². The Morgan fingerprint density at radius 2 is 2.13 bits per heavy atom. The van der Waals surface area contributed by atoms with Crippen molar-refractivity contribution in [3.63, 3.8) is 0 Å². The number of anilines is 1. The van der Waals surface area contributed by atoms with E-state index in [1.807, 2.05) is 6.07 Å². The van der Waals surface area contributed by atoms with Gasteiger partial charge in [-0.05, 0) is 32.6 Å². The SMILES string of the molecule is CC1(Nc2cc(Cl)nc(C3CC3)n2)CC1. The molecule has 2 aliphatic carbocycles. The summed E-state index contributed by atoms with van der Waals surface area (Å²) in [6, 6.07) is 1.82. The van der Waals surface area contributed by atoms with Crippen LogP contribution in [0.25, 0.3) is 0 Å². The highest BCUT2D eigenvalue weighted by molar-refractivity contribution is 6.29. The zero-order valence-electron chi connectivity index (χ0n) is 8.76. The van der Waals surface area contributed by atoms with Crippen LogP contribution < -0.4 is 5.32 Å². The Morgan fingerprint density at radius 3 is 2.73 bits per heavy atom. The molecule has 0 amide bonds. The molecule has 3 rings (SSSR count). The molecule has 1 aromatic rings. The largest absolute Gasteiger partial charge is 0.365 e. The van der Waals surface area contributed by atoms with Crippen molar-refractivity contribution in [2.24, 2.45) is 0 Å². The van der Waals surface area contributed by atoms with Gasteiger partial charge < -0.3 is 5.32 Å². The molecule has 3 nitrogen and oxygen atoms in total. The summed E-state index contributed by atoms with van der Waals surface area (Å²) >= 11 is 5.98. The van der Waals surface area contributed by atoms with Gasteiger partial charge in [-0.25, -0.2) is 9.97 Å². The molecular weight excluding hydrogens is 210 g/mol. The van der Waals surface area contributed by atoms with Crippen LogP contribution >= 0.6 is 11.6 Å². The summed E-state index contributed by atoms with van der Waals surface area (Å²) in [5.41, 5.74) is 0.249. The normalized spacial score (nSPS) is 22.5. The minimum Gasteiger partial charge on any atom is -0.365 e. The fourth-order valence-electron chi connectivity index (χ4n) is 1.65. The average Bonchev–Trinajstić information content (AvgIpc) is 2.99. The Balaban J connectivity index is 1.86. The van der Waals surface area contributed by atoms with Gasteiger partial charge in [0.15, 0.2) is 0 Å². The highest BCUT2D eigenvalue weighted by atomic mass is 35.5. The van der Waals surface area contributed by atoms with Gasteiger partial charge in [-0.3, -0.25) is 0 Å². The first-order valence-electron chi connectivity index (χ1n) is 5.47. The molecular formula is C11H14ClN3. The van der Waals surface area contributed by atoms with Gasteiger partial charge in [0.1, 0.15) is 16.8 Å². The fourth-order valence-corrected chi connectivity index (χ4v) is 1.83. The van der Waals surface area contributed by atoms with E-state index in [-0.39, 0.29) is 5.54 Å². The number of nitrogens with one attached hydrogen (secondary N) is 1. The van der Waals surface area contributed by atoms with E-state index in [4.69, 9.17) is 11.6 Å². The minimum atomic E-state index is 0.249. The Hall–Kier alpha value is -0.830. The summed E-state index contributed by atoms with van der Waals surface area (Å²) < 4.78 is 0. The Bertz CT molecular complexity index is 397. The number of hydrogen-bond donors (Lipinski definition) is 1. The number of rotatable bonds is 3. The van der Waals surface area contributed by atoms with Crippen molar-refractivity contribution < 1.29 is 0 Å². The lowest BCUT2D eigenvalue weighted by Gasteiger charge is -2.12. The molecule has 0 saturated heterocycles. The van der Waals surface area contributed by atoms with Crippen LogP contribution in [0.15, 0.2) is 6.07 Å². The monoisotopic (exact) mass is 223 g/mol. The van der Waals surface area contributed by atoms with Crippen LogP contribution in [0.4, 0.5) is 5.82 Å². The van der Waals surface area contributed by atoms with Crippen LogP contribution in [0.1, 0.15) is 44.3 Å². The smallest absolute Gasteiger partial charge is 0.135 e. The van der Waals surface area contributed by atoms with Crippen molar-refractivity contribution in [2.45, 2.75) is 44.1 Å². The number of aromatic nitrogens is 2. The summed E-state index contributed by atoms with van der Waals surface area (Å²) in [4.78, 5) is 8.77. The first-order chi connectivity index (χ1) is 7.15. The molecule has 4 heteroatoms. The second kappa shape index (κ2) is 3.08. The van der Waals surface area contributed by atoms with Crippen LogP contribution in [0.3, 0.4) is 0 Å². The maximum atomic E-state index is 5.98. The molecule has 0 atom stereocenters. The predicted molar refractivity (Wildman–Crippen MR) is 60.3 cm³/mol. The van der Waals surface area contributed by atoms with Gasteiger partial charge in [0.25, 0.3) is 0 Å². The van der Waals surface area contributed by atoms with Gasteiger partial charge in [-0.1, -0.05) is 11.6 Å². The predicted octanol–water partition coefficient (Wildman–Crippen LogP) is 2.97. The van der Waals surface area contributed by atoms with E-state index in [1.54, 1.807) is 0 Å². The summed E-state index contributed by atoms with van der Waals surface area (Å²) in [6.45, 7) is 2.21. The molecule has 1 heterocycles. The highest BCUT2D eigenvalue weighted by Gasteiger charge is 2.37. The van der Waals surface area contributed by atoms with Gasteiger partial charge in [0, 0.05) is 17.5 Å². The molecule has 1 aromatic heterocycles.